The molecular weight excluding hydrogens is 406 g/mol. The molecule has 1 aromatic rings. The highest BCUT2D eigenvalue weighted by atomic mass is 16.6. The fraction of sp³-hybridized carbons (Fsp3) is 0.560. The molecule has 0 aromatic heterocycles. The predicted octanol–water partition coefficient (Wildman–Crippen LogP) is 4.13. The number of alkyl carbamates (subject to hydrolysis) is 1. The van der Waals surface area contributed by atoms with E-state index in [0.717, 1.165) is 24.8 Å². The summed E-state index contributed by atoms with van der Waals surface area (Å²) in [5.41, 5.74) is 1.17. The van der Waals surface area contributed by atoms with E-state index in [9.17, 15) is 14.4 Å². The highest BCUT2D eigenvalue weighted by Crippen LogP contribution is 2.23. The number of aryl methyl sites for hydroxylation is 1. The maximum absolute atomic E-state index is 13.3. The Morgan fingerprint density at radius 3 is 2.28 bits per heavy atom. The van der Waals surface area contributed by atoms with Crippen molar-refractivity contribution >= 4 is 17.9 Å². The highest BCUT2D eigenvalue weighted by Gasteiger charge is 2.31. The molecule has 0 saturated carbocycles. The van der Waals surface area contributed by atoms with E-state index in [4.69, 9.17) is 4.74 Å². The zero-order chi connectivity index (χ0) is 24.3. The van der Waals surface area contributed by atoms with Crippen molar-refractivity contribution in [2.75, 3.05) is 13.1 Å². The SMILES string of the molecule is C=CCN(C(=O)CNC(=O)OC(C)(C)C)C(C(=O)NC(C)CCC)c1ccc(CC)cc1. The maximum atomic E-state index is 13.3. The summed E-state index contributed by atoms with van der Waals surface area (Å²) >= 11 is 0. The van der Waals surface area contributed by atoms with Crippen LogP contribution in [0.4, 0.5) is 4.79 Å². The number of rotatable bonds is 11. The minimum atomic E-state index is -0.842. The lowest BCUT2D eigenvalue weighted by Crippen LogP contribution is -2.49. The molecule has 3 amide bonds. The van der Waals surface area contributed by atoms with Gasteiger partial charge in [-0.25, -0.2) is 4.79 Å². The summed E-state index contributed by atoms with van der Waals surface area (Å²) in [6.45, 7) is 14.9. The minimum absolute atomic E-state index is 0.0227. The molecule has 0 bridgehead atoms. The minimum Gasteiger partial charge on any atom is -0.444 e. The van der Waals surface area contributed by atoms with E-state index in [1.165, 1.54) is 4.90 Å². The quantitative estimate of drug-likeness (QED) is 0.501. The molecule has 0 aliphatic carbocycles. The first kappa shape index (κ1) is 27.2. The monoisotopic (exact) mass is 445 g/mol. The Morgan fingerprint density at radius 1 is 1.16 bits per heavy atom. The molecule has 0 saturated heterocycles. The fourth-order valence-electron chi connectivity index (χ4n) is 3.29. The van der Waals surface area contributed by atoms with Crippen molar-refractivity contribution in [3.05, 3.63) is 48.0 Å². The lowest BCUT2D eigenvalue weighted by molar-refractivity contribution is -0.139. The van der Waals surface area contributed by atoms with E-state index in [-0.39, 0.29) is 25.0 Å². The zero-order valence-corrected chi connectivity index (χ0v) is 20.4. The first-order chi connectivity index (χ1) is 15.0. The second kappa shape index (κ2) is 12.9. The van der Waals surface area contributed by atoms with Gasteiger partial charge in [0.2, 0.25) is 11.8 Å². The van der Waals surface area contributed by atoms with Gasteiger partial charge in [0.15, 0.2) is 0 Å². The van der Waals surface area contributed by atoms with Gasteiger partial charge >= 0.3 is 6.09 Å². The zero-order valence-electron chi connectivity index (χ0n) is 20.4. The third-order valence-electron chi connectivity index (χ3n) is 4.80. The molecule has 2 atom stereocenters. The van der Waals surface area contributed by atoms with Gasteiger partial charge < -0.3 is 20.3 Å². The number of ether oxygens (including phenoxy) is 1. The molecule has 1 aromatic carbocycles. The van der Waals surface area contributed by atoms with Crippen LogP contribution in [-0.4, -0.2) is 47.5 Å². The van der Waals surface area contributed by atoms with Crippen LogP contribution in [0.15, 0.2) is 36.9 Å². The summed E-state index contributed by atoms with van der Waals surface area (Å²) in [5, 5.41) is 5.50. The molecule has 0 aliphatic heterocycles. The summed E-state index contributed by atoms with van der Waals surface area (Å²) in [6.07, 6.45) is 3.53. The largest absolute Gasteiger partial charge is 0.444 e. The third-order valence-corrected chi connectivity index (χ3v) is 4.80. The molecule has 7 heteroatoms. The van der Waals surface area contributed by atoms with E-state index in [1.807, 2.05) is 31.2 Å². The van der Waals surface area contributed by atoms with Crippen LogP contribution in [0.25, 0.3) is 0 Å². The number of carbonyl (C=O) groups excluding carboxylic acids is 3. The number of benzene rings is 1. The van der Waals surface area contributed by atoms with Gasteiger partial charge in [0, 0.05) is 12.6 Å². The van der Waals surface area contributed by atoms with E-state index >= 15 is 0 Å². The van der Waals surface area contributed by atoms with Crippen molar-refractivity contribution in [3.63, 3.8) is 0 Å². The molecule has 0 aliphatic rings. The molecule has 1 rings (SSSR count). The number of nitrogens with one attached hydrogen (secondary N) is 2. The number of amides is 3. The van der Waals surface area contributed by atoms with E-state index in [0.29, 0.717) is 5.56 Å². The van der Waals surface area contributed by atoms with Crippen LogP contribution in [0, 0.1) is 0 Å². The lowest BCUT2D eigenvalue weighted by Gasteiger charge is -2.32. The van der Waals surface area contributed by atoms with Crippen LogP contribution in [-0.2, 0) is 20.7 Å². The molecule has 0 fully saturated rings. The van der Waals surface area contributed by atoms with Gasteiger partial charge in [0.1, 0.15) is 18.2 Å². The lowest BCUT2D eigenvalue weighted by atomic mass is 10.0. The Bertz CT molecular complexity index is 768. The average Bonchev–Trinajstić information content (AvgIpc) is 2.71. The normalized spacial score (nSPS) is 12.9. The van der Waals surface area contributed by atoms with Crippen LogP contribution < -0.4 is 10.6 Å². The predicted molar refractivity (Wildman–Crippen MR) is 127 cm³/mol. The second-order valence-electron chi connectivity index (χ2n) is 8.89. The highest BCUT2D eigenvalue weighted by molar-refractivity contribution is 5.90. The molecule has 7 nitrogen and oxygen atoms in total. The van der Waals surface area contributed by atoms with E-state index < -0.39 is 23.6 Å². The van der Waals surface area contributed by atoms with Crippen LogP contribution in [0.5, 0.6) is 0 Å². The summed E-state index contributed by atoms with van der Waals surface area (Å²) in [4.78, 5) is 39.8. The Balaban J connectivity index is 3.15. The first-order valence-electron chi connectivity index (χ1n) is 11.3. The summed E-state index contributed by atoms with van der Waals surface area (Å²) in [7, 11) is 0. The molecular formula is C25H39N3O4. The smallest absolute Gasteiger partial charge is 0.408 e. The van der Waals surface area contributed by atoms with Crippen molar-refractivity contribution in [1.82, 2.24) is 15.5 Å². The van der Waals surface area contributed by atoms with Crippen LogP contribution in [0.3, 0.4) is 0 Å². The number of hydrogen-bond donors (Lipinski definition) is 2. The number of nitrogens with zero attached hydrogens (tertiary/aromatic N) is 1. The molecule has 2 N–H and O–H groups in total. The number of hydrogen-bond acceptors (Lipinski definition) is 4. The summed E-state index contributed by atoms with van der Waals surface area (Å²) in [6, 6.07) is 6.80. The van der Waals surface area contributed by atoms with Gasteiger partial charge in [-0.3, -0.25) is 9.59 Å². The number of carbonyl (C=O) groups is 3. The first-order valence-corrected chi connectivity index (χ1v) is 11.3. The van der Waals surface area contributed by atoms with E-state index in [1.54, 1.807) is 26.8 Å². The molecule has 2 unspecified atom stereocenters. The van der Waals surface area contributed by atoms with Crippen molar-refractivity contribution in [2.24, 2.45) is 0 Å². The van der Waals surface area contributed by atoms with Crippen LogP contribution in [0.2, 0.25) is 0 Å². The standard InChI is InChI=1S/C25H39N3O4/c1-8-11-18(4)27-23(30)22(20-14-12-19(10-3)13-15-20)28(16-9-2)21(29)17-26-24(31)32-25(5,6)7/h9,12-15,18,22H,2,8,10-11,16-17H2,1,3-7H3,(H,26,31)(H,27,30). The molecule has 178 valence electrons. The van der Waals surface area contributed by atoms with Gasteiger partial charge in [-0.2, -0.15) is 0 Å². The second-order valence-corrected chi connectivity index (χ2v) is 8.89. The van der Waals surface area contributed by atoms with Gasteiger partial charge in [0.05, 0.1) is 0 Å². The van der Waals surface area contributed by atoms with Crippen molar-refractivity contribution in [2.45, 2.75) is 78.5 Å². The average molecular weight is 446 g/mol. The fourth-order valence-corrected chi connectivity index (χ4v) is 3.29. The maximum Gasteiger partial charge on any atom is 0.408 e. The Kier molecular flexibility index (Phi) is 11.0. The molecule has 0 heterocycles. The van der Waals surface area contributed by atoms with Crippen molar-refractivity contribution in [3.8, 4) is 0 Å². The Hall–Kier alpha value is -2.83. The Labute approximate surface area is 192 Å². The van der Waals surface area contributed by atoms with Gasteiger partial charge in [-0.15, -0.1) is 6.58 Å². The summed E-state index contributed by atoms with van der Waals surface area (Å²) in [5.74, 6) is -0.665. The molecule has 0 radical (unpaired) electrons. The molecule has 0 spiro atoms. The summed E-state index contributed by atoms with van der Waals surface area (Å²) < 4.78 is 5.21. The van der Waals surface area contributed by atoms with Crippen molar-refractivity contribution in [1.29, 1.82) is 0 Å². The third kappa shape index (κ3) is 9.12. The van der Waals surface area contributed by atoms with Gasteiger partial charge in [0.25, 0.3) is 0 Å². The van der Waals surface area contributed by atoms with Crippen LogP contribution in [0.1, 0.15) is 71.6 Å². The van der Waals surface area contributed by atoms with Gasteiger partial charge in [-0.1, -0.05) is 50.6 Å². The van der Waals surface area contributed by atoms with Crippen LogP contribution >= 0.6 is 0 Å². The van der Waals surface area contributed by atoms with E-state index in [2.05, 4.69) is 31.1 Å². The van der Waals surface area contributed by atoms with Crippen molar-refractivity contribution < 1.29 is 19.1 Å². The van der Waals surface area contributed by atoms with Gasteiger partial charge in [-0.05, 0) is 51.7 Å². The topological polar surface area (TPSA) is 87.7 Å². The molecule has 32 heavy (non-hydrogen) atoms. The Morgan fingerprint density at radius 2 is 1.78 bits per heavy atom.